The zero-order valence-electron chi connectivity index (χ0n) is 11.9. The molecule has 1 aromatic heterocycles. The van der Waals surface area contributed by atoms with Crippen LogP contribution < -0.4 is 10.6 Å². The maximum absolute atomic E-state index is 12.2. The Bertz CT molecular complexity index is 520. The number of anilines is 1. The van der Waals surface area contributed by atoms with Gasteiger partial charge in [-0.15, -0.1) is 0 Å². The maximum Gasteiger partial charge on any atom is 0.319 e. The van der Waals surface area contributed by atoms with Gasteiger partial charge in [0.1, 0.15) is 11.4 Å². The van der Waals surface area contributed by atoms with Gasteiger partial charge in [0.25, 0.3) is 0 Å². The summed E-state index contributed by atoms with van der Waals surface area (Å²) in [5.41, 5.74) is 0.829. The zero-order chi connectivity index (χ0) is 14.3. The van der Waals surface area contributed by atoms with Gasteiger partial charge in [-0.05, 0) is 45.4 Å². The molecule has 0 aromatic carbocycles. The smallest absolute Gasteiger partial charge is 0.319 e. The first kappa shape index (κ1) is 13.4. The fraction of sp³-hybridized carbons (Fsp3) is 0.714. The second-order valence-electron chi connectivity index (χ2n) is 6.21. The highest BCUT2D eigenvalue weighted by atomic mass is 16.5. The number of amides is 2. The summed E-state index contributed by atoms with van der Waals surface area (Å²) in [5.74, 6) is 1.53. The van der Waals surface area contributed by atoms with Crippen molar-refractivity contribution in [1.29, 1.82) is 0 Å². The van der Waals surface area contributed by atoms with Gasteiger partial charge in [0.2, 0.25) is 0 Å². The third-order valence-corrected chi connectivity index (χ3v) is 4.28. The molecule has 2 amide bonds. The van der Waals surface area contributed by atoms with Gasteiger partial charge >= 0.3 is 6.03 Å². The molecule has 0 aliphatic heterocycles. The Morgan fingerprint density at radius 2 is 2.15 bits per heavy atom. The number of aliphatic hydroxyl groups is 1. The minimum atomic E-state index is -0.547. The molecule has 0 bridgehead atoms. The number of nitrogens with one attached hydrogen (secondary N) is 2. The van der Waals surface area contributed by atoms with Gasteiger partial charge in [-0.2, -0.15) is 0 Å². The van der Waals surface area contributed by atoms with E-state index in [4.69, 9.17) is 4.52 Å². The average Bonchev–Trinajstić information content (AvgIpc) is 3.29. The predicted molar refractivity (Wildman–Crippen MR) is 73.6 cm³/mol. The van der Waals surface area contributed by atoms with Gasteiger partial charge in [0, 0.05) is 5.92 Å². The van der Waals surface area contributed by atoms with Crippen LogP contribution in [0.2, 0.25) is 0 Å². The summed E-state index contributed by atoms with van der Waals surface area (Å²) in [6.45, 7) is 3.65. The van der Waals surface area contributed by atoms with E-state index >= 15 is 0 Å². The molecule has 6 nitrogen and oxygen atoms in total. The topological polar surface area (TPSA) is 87.4 Å². The van der Waals surface area contributed by atoms with Crippen LogP contribution in [0.3, 0.4) is 0 Å². The predicted octanol–water partition coefficient (Wildman–Crippen LogP) is 2.14. The first-order chi connectivity index (χ1) is 9.53. The second-order valence-corrected chi connectivity index (χ2v) is 6.21. The third-order valence-electron chi connectivity index (χ3n) is 4.28. The van der Waals surface area contributed by atoms with Crippen LogP contribution in [-0.2, 0) is 0 Å². The Morgan fingerprint density at radius 3 is 2.70 bits per heavy atom. The lowest BCUT2D eigenvalue weighted by Gasteiger charge is -2.28. The molecule has 2 saturated carbocycles. The summed E-state index contributed by atoms with van der Waals surface area (Å²) in [6, 6.07) is -0.304. The van der Waals surface area contributed by atoms with Crippen LogP contribution in [0, 0.1) is 12.8 Å². The summed E-state index contributed by atoms with van der Waals surface area (Å²) >= 11 is 0. The summed E-state index contributed by atoms with van der Waals surface area (Å²) in [4.78, 5) is 12.2. The molecular formula is C14H21N3O3. The molecule has 3 N–H and O–H groups in total. The van der Waals surface area contributed by atoms with Crippen molar-refractivity contribution >= 4 is 11.7 Å². The number of rotatable bonds is 5. The van der Waals surface area contributed by atoms with Crippen molar-refractivity contribution < 1.29 is 14.4 Å². The van der Waals surface area contributed by atoms with E-state index in [1.54, 1.807) is 0 Å². The quantitative estimate of drug-likeness (QED) is 0.770. The number of carbonyl (C=O) groups is 1. The molecule has 0 spiro atoms. The van der Waals surface area contributed by atoms with Gasteiger partial charge in [-0.25, -0.2) is 4.79 Å². The normalized spacial score (nSPS) is 21.4. The van der Waals surface area contributed by atoms with E-state index in [1.165, 1.54) is 0 Å². The highest BCUT2D eigenvalue weighted by Crippen LogP contribution is 2.44. The minimum Gasteiger partial charge on any atom is -0.394 e. The molecule has 1 heterocycles. The van der Waals surface area contributed by atoms with Gasteiger partial charge in [-0.3, -0.25) is 0 Å². The van der Waals surface area contributed by atoms with Crippen LogP contribution in [0.1, 0.15) is 50.0 Å². The van der Waals surface area contributed by atoms with Gasteiger partial charge in [-0.1, -0.05) is 5.16 Å². The number of hydrogen-bond acceptors (Lipinski definition) is 4. The fourth-order valence-electron chi connectivity index (χ4n) is 2.56. The lowest BCUT2D eigenvalue weighted by atomic mass is 9.97. The molecule has 110 valence electrons. The Hall–Kier alpha value is -1.56. The molecule has 1 aromatic rings. The van der Waals surface area contributed by atoms with Crippen molar-refractivity contribution in [2.45, 2.75) is 51.0 Å². The molecule has 3 rings (SSSR count). The lowest BCUT2D eigenvalue weighted by Crippen LogP contribution is -2.52. The third kappa shape index (κ3) is 2.52. The van der Waals surface area contributed by atoms with Crippen molar-refractivity contribution in [2.75, 3.05) is 11.9 Å². The molecular weight excluding hydrogens is 258 g/mol. The van der Waals surface area contributed by atoms with Crippen molar-refractivity contribution in [3.05, 3.63) is 11.5 Å². The second kappa shape index (κ2) is 4.77. The number of nitrogens with zero attached hydrogens (tertiary/aromatic N) is 1. The van der Waals surface area contributed by atoms with E-state index in [0.717, 1.165) is 31.4 Å². The number of aliphatic hydroxyl groups excluding tert-OH is 1. The maximum atomic E-state index is 12.2. The summed E-state index contributed by atoms with van der Waals surface area (Å²) in [6.07, 6.45) is 4.27. The van der Waals surface area contributed by atoms with Crippen molar-refractivity contribution in [1.82, 2.24) is 10.5 Å². The largest absolute Gasteiger partial charge is 0.394 e. The number of hydrogen-bond donors (Lipinski definition) is 3. The summed E-state index contributed by atoms with van der Waals surface area (Å²) in [7, 11) is 0. The van der Waals surface area contributed by atoms with E-state index in [0.29, 0.717) is 23.2 Å². The number of aryl methyl sites for hydroxylation is 1. The van der Waals surface area contributed by atoms with E-state index in [9.17, 15) is 9.90 Å². The van der Waals surface area contributed by atoms with Gasteiger partial charge in [0.05, 0.1) is 12.1 Å². The monoisotopic (exact) mass is 279 g/mol. The Balaban J connectivity index is 1.68. The standard InChI is InChI=1S/C14H21N3O3/c1-8-11(12(20-17-8)9-3-4-9)15-13(19)16-14(2,7-18)10-5-6-10/h9-10,18H,3-7H2,1-2H3,(H2,15,16,19). The Morgan fingerprint density at radius 1 is 1.45 bits per heavy atom. The molecule has 2 aliphatic carbocycles. The van der Waals surface area contributed by atoms with Crippen molar-refractivity contribution in [2.24, 2.45) is 5.92 Å². The lowest BCUT2D eigenvalue weighted by molar-refractivity contribution is 0.159. The highest BCUT2D eigenvalue weighted by Gasteiger charge is 2.42. The average molecular weight is 279 g/mol. The first-order valence-corrected chi connectivity index (χ1v) is 7.19. The van der Waals surface area contributed by atoms with E-state index < -0.39 is 5.54 Å². The molecule has 6 heteroatoms. The van der Waals surface area contributed by atoms with E-state index in [1.807, 2.05) is 13.8 Å². The summed E-state index contributed by atoms with van der Waals surface area (Å²) in [5, 5.41) is 19.2. The van der Waals surface area contributed by atoms with Crippen LogP contribution in [0.5, 0.6) is 0 Å². The first-order valence-electron chi connectivity index (χ1n) is 7.19. The van der Waals surface area contributed by atoms with Gasteiger partial charge in [0.15, 0.2) is 5.76 Å². The SMILES string of the molecule is Cc1noc(C2CC2)c1NC(=O)NC(C)(CO)C1CC1. The Kier molecular flexibility index (Phi) is 3.20. The number of urea groups is 1. The molecule has 2 aliphatic rings. The van der Waals surface area contributed by atoms with Crippen LogP contribution in [-0.4, -0.2) is 28.4 Å². The molecule has 0 radical (unpaired) electrons. The van der Waals surface area contributed by atoms with Crippen molar-refractivity contribution in [3.8, 4) is 0 Å². The van der Waals surface area contributed by atoms with Gasteiger partial charge < -0.3 is 20.3 Å². The minimum absolute atomic E-state index is 0.0524. The van der Waals surface area contributed by atoms with Crippen LogP contribution in [0.15, 0.2) is 4.52 Å². The van der Waals surface area contributed by atoms with E-state index in [-0.39, 0.29) is 12.6 Å². The molecule has 1 atom stereocenters. The number of carbonyl (C=O) groups excluding carboxylic acids is 1. The number of aromatic nitrogens is 1. The zero-order valence-corrected chi connectivity index (χ0v) is 11.9. The summed E-state index contributed by atoms with van der Waals surface area (Å²) < 4.78 is 5.29. The highest BCUT2D eigenvalue weighted by molar-refractivity contribution is 5.91. The molecule has 2 fully saturated rings. The van der Waals surface area contributed by atoms with Crippen LogP contribution in [0.25, 0.3) is 0 Å². The van der Waals surface area contributed by atoms with E-state index in [2.05, 4.69) is 15.8 Å². The fourth-order valence-corrected chi connectivity index (χ4v) is 2.56. The molecule has 20 heavy (non-hydrogen) atoms. The van der Waals surface area contributed by atoms with Crippen LogP contribution >= 0.6 is 0 Å². The molecule has 0 saturated heterocycles. The Labute approximate surface area is 117 Å². The van der Waals surface area contributed by atoms with Crippen molar-refractivity contribution in [3.63, 3.8) is 0 Å². The molecule has 1 unspecified atom stereocenters. The van der Waals surface area contributed by atoms with Crippen LogP contribution in [0.4, 0.5) is 10.5 Å².